The van der Waals surface area contributed by atoms with Gasteiger partial charge in [0.25, 0.3) is 5.91 Å². The molecule has 9 heteroatoms. The molecule has 0 aliphatic heterocycles. The SMILES string of the molecule is COc1cccc(OC)c1C(=O)NCCCn1nc(C(F)(F)F)cc1C1CC1. The lowest BCUT2D eigenvalue weighted by Crippen LogP contribution is -2.26. The first kappa shape index (κ1) is 20.0. The third-order valence-electron chi connectivity index (χ3n) is 4.58. The number of nitrogens with zero attached hydrogens (tertiary/aromatic N) is 2. The second-order valence-electron chi connectivity index (χ2n) is 6.60. The summed E-state index contributed by atoms with van der Waals surface area (Å²) in [6, 6.07) is 6.16. The lowest BCUT2D eigenvalue weighted by Gasteiger charge is -2.13. The van der Waals surface area contributed by atoms with Crippen molar-refractivity contribution in [1.29, 1.82) is 0 Å². The Morgan fingerprint density at radius 2 is 1.89 bits per heavy atom. The summed E-state index contributed by atoms with van der Waals surface area (Å²) in [4.78, 5) is 12.5. The van der Waals surface area contributed by atoms with E-state index >= 15 is 0 Å². The van der Waals surface area contributed by atoms with Gasteiger partial charge in [0.2, 0.25) is 0 Å². The average molecular weight is 397 g/mol. The fourth-order valence-electron chi connectivity index (χ4n) is 3.05. The van der Waals surface area contributed by atoms with Crippen molar-refractivity contribution >= 4 is 5.91 Å². The smallest absolute Gasteiger partial charge is 0.435 e. The maximum atomic E-state index is 12.9. The van der Waals surface area contributed by atoms with Crippen molar-refractivity contribution in [3.8, 4) is 11.5 Å². The summed E-state index contributed by atoms with van der Waals surface area (Å²) in [5, 5.41) is 6.47. The minimum atomic E-state index is -4.45. The number of carbonyl (C=O) groups is 1. The van der Waals surface area contributed by atoms with Gasteiger partial charge in [-0.1, -0.05) is 6.07 Å². The molecule has 1 saturated carbocycles. The molecule has 0 saturated heterocycles. The molecule has 152 valence electrons. The zero-order chi connectivity index (χ0) is 20.3. The minimum absolute atomic E-state index is 0.149. The molecule has 0 radical (unpaired) electrons. The Morgan fingerprint density at radius 1 is 1.25 bits per heavy atom. The zero-order valence-corrected chi connectivity index (χ0v) is 15.7. The summed E-state index contributed by atoms with van der Waals surface area (Å²) >= 11 is 0. The Hall–Kier alpha value is -2.71. The molecule has 28 heavy (non-hydrogen) atoms. The van der Waals surface area contributed by atoms with Crippen LogP contribution in [0.15, 0.2) is 24.3 Å². The van der Waals surface area contributed by atoms with Crippen LogP contribution in [0, 0.1) is 0 Å². The Labute approximate surface area is 160 Å². The van der Waals surface area contributed by atoms with E-state index in [1.165, 1.54) is 18.9 Å². The topological polar surface area (TPSA) is 65.4 Å². The standard InChI is InChI=1S/C19H22F3N3O3/c1-27-14-5-3-6-15(28-2)17(14)18(26)23-9-4-10-25-13(12-7-8-12)11-16(24-25)19(20,21)22/h3,5-6,11-12H,4,7-10H2,1-2H3,(H,23,26). The molecule has 1 heterocycles. The molecule has 1 aromatic heterocycles. The third-order valence-corrected chi connectivity index (χ3v) is 4.58. The molecule has 1 aromatic carbocycles. The molecule has 2 aromatic rings. The highest BCUT2D eigenvalue weighted by Crippen LogP contribution is 2.42. The van der Waals surface area contributed by atoms with Gasteiger partial charge in [0.15, 0.2) is 5.69 Å². The van der Waals surface area contributed by atoms with Crippen molar-refractivity contribution in [3.05, 3.63) is 41.2 Å². The summed E-state index contributed by atoms with van der Waals surface area (Å²) in [7, 11) is 2.92. The number of amides is 1. The van der Waals surface area contributed by atoms with Gasteiger partial charge in [-0.25, -0.2) is 0 Å². The van der Waals surface area contributed by atoms with E-state index in [0.29, 0.717) is 30.2 Å². The number of rotatable bonds is 8. The molecule has 0 spiro atoms. The minimum Gasteiger partial charge on any atom is -0.496 e. The first-order valence-electron chi connectivity index (χ1n) is 8.99. The first-order valence-corrected chi connectivity index (χ1v) is 8.99. The lowest BCUT2D eigenvalue weighted by molar-refractivity contribution is -0.141. The van der Waals surface area contributed by atoms with E-state index in [1.54, 1.807) is 18.2 Å². The number of methoxy groups -OCH3 is 2. The molecule has 0 unspecified atom stereocenters. The highest BCUT2D eigenvalue weighted by molar-refractivity contribution is 5.99. The van der Waals surface area contributed by atoms with Crippen LogP contribution in [-0.2, 0) is 12.7 Å². The van der Waals surface area contributed by atoms with E-state index in [9.17, 15) is 18.0 Å². The van der Waals surface area contributed by atoms with E-state index in [1.807, 2.05) is 0 Å². The van der Waals surface area contributed by atoms with Crippen LogP contribution in [0.4, 0.5) is 13.2 Å². The number of halogens is 3. The number of hydrogen-bond acceptors (Lipinski definition) is 4. The molecule has 0 atom stereocenters. The molecule has 3 rings (SSSR count). The maximum absolute atomic E-state index is 12.9. The van der Waals surface area contributed by atoms with Crippen LogP contribution in [0.1, 0.15) is 46.9 Å². The highest BCUT2D eigenvalue weighted by atomic mass is 19.4. The fraction of sp³-hybridized carbons (Fsp3) is 0.474. The monoisotopic (exact) mass is 397 g/mol. The summed E-state index contributed by atoms with van der Waals surface area (Å²) in [6.45, 7) is 0.580. The van der Waals surface area contributed by atoms with E-state index in [-0.39, 0.29) is 23.9 Å². The number of ether oxygens (including phenoxy) is 2. The van der Waals surface area contributed by atoms with Gasteiger partial charge in [0.05, 0.1) is 14.2 Å². The molecular weight excluding hydrogens is 375 g/mol. The third kappa shape index (κ3) is 4.40. The zero-order valence-electron chi connectivity index (χ0n) is 15.7. The van der Waals surface area contributed by atoms with Gasteiger partial charge in [0.1, 0.15) is 17.1 Å². The number of benzene rings is 1. The molecule has 6 nitrogen and oxygen atoms in total. The van der Waals surface area contributed by atoms with Crippen LogP contribution in [0.2, 0.25) is 0 Å². The molecule has 1 amide bonds. The Bertz CT molecular complexity index is 822. The number of nitrogens with one attached hydrogen (secondary N) is 1. The van der Waals surface area contributed by atoms with Gasteiger partial charge >= 0.3 is 6.18 Å². The van der Waals surface area contributed by atoms with Crippen LogP contribution in [-0.4, -0.2) is 36.5 Å². The predicted octanol–water partition coefficient (Wildman–Crippen LogP) is 3.62. The van der Waals surface area contributed by atoms with Crippen LogP contribution in [0.5, 0.6) is 11.5 Å². The van der Waals surface area contributed by atoms with Crippen LogP contribution >= 0.6 is 0 Å². The fourth-order valence-corrected chi connectivity index (χ4v) is 3.05. The Balaban J connectivity index is 1.61. The predicted molar refractivity (Wildman–Crippen MR) is 95.7 cm³/mol. The molecule has 1 aliphatic rings. The highest BCUT2D eigenvalue weighted by Gasteiger charge is 2.37. The molecule has 1 N–H and O–H groups in total. The lowest BCUT2D eigenvalue weighted by atomic mass is 10.1. The van der Waals surface area contributed by atoms with Crippen molar-refractivity contribution < 1.29 is 27.4 Å². The Kier molecular flexibility index (Phi) is 5.81. The van der Waals surface area contributed by atoms with Crippen molar-refractivity contribution in [2.24, 2.45) is 0 Å². The van der Waals surface area contributed by atoms with Crippen LogP contribution < -0.4 is 14.8 Å². The average Bonchev–Trinajstić information content (AvgIpc) is 3.42. The van der Waals surface area contributed by atoms with Crippen LogP contribution in [0.3, 0.4) is 0 Å². The van der Waals surface area contributed by atoms with E-state index in [0.717, 1.165) is 18.9 Å². The first-order chi connectivity index (χ1) is 13.3. The second-order valence-corrected chi connectivity index (χ2v) is 6.60. The van der Waals surface area contributed by atoms with E-state index in [4.69, 9.17) is 9.47 Å². The molecular formula is C19H22F3N3O3. The van der Waals surface area contributed by atoms with Gasteiger partial charge in [-0.3, -0.25) is 9.48 Å². The summed E-state index contributed by atoms with van der Waals surface area (Å²) in [6.07, 6.45) is -2.24. The summed E-state index contributed by atoms with van der Waals surface area (Å²) < 4.78 is 50.6. The number of carbonyl (C=O) groups excluding carboxylic acids is 1. The molecule has 0 bridgehead atoms. The Morgan fingerprint density at radius 3 is 2.43 bits per heavy atom. The van der Waals surface area contributed by atoms with Crippen molar-refractivity contribution in [3.63, 3.8) is 0 Å². The maximum Gasteiger partial charge on any atom is 0.435 e. The number of alkyl halides is 3. The van der Waals surface area contributed by atoms with Gasteiger partial charge in [-0.05, 0) is 37.5 Å². The van der Waals surface area contributed by atoms with Gasteiger partial charge < -0.3 is 14.8 Å². The van der Waals surface area contributed by atoms with E-state index in [2.05, 4.69) is 10.4 Å². The van der Waals surface area contributed by atoms with Crippen molar-refractivity contribution in [2.75, 3.05) is 20.8 Å². The van der Waals surface area contributed by atoms with Crippen molar-refractivity contribution in [1.82, 2.24) is 15.1 Å². The van der Waals surface area contributed by atoms with Crippen molar-refractivity contribution in [2.45, 2.75) is 37.9 Å². The summed E-state index contributed by atoms with van der Waals surface area (Å²) in [5.41, 5.74) is 0.0341. The largest absolute Gasteiger partial charge is 0.496 e. The number of aryl methyl sites for hydroxylation is 1. The summed E-state index contributed by atoms with van der Waals surface area (Å²) in [5.74, 6) is 0.550. The molecule has 1 aliphatic carbocycles. The quantitative estimate of drug-likeness (QED) is 0.691. The van der Waals surface area contributed by atoms with Gasteiger partial charge in [-0.15, -0.1) is 0 Å². The van der Waals surface area contributed by atoms with Gasteiger partial charge in [-0.2, -0.15) is 18.3 Å². The van der Waals surface area contributed by atoms with Gasteiger partial charge in [0, 0.05) is 24.7 Å². The van der Waals surface area contributed by atoms with E-state index < -0.39 is 11.9 Å². The normalized spacial score (nSPS) is 14.0. The molecule has 1 fully saturated rings. The second kappa shape index (κ2) is 8.12. The number of hydrogen-bond donors (Lipinski definition) is 1. The van der Waals surface area contributed by atoms with Crippen LogP contribution in [0.25, 0.3) is 0 Å². The number of aromatic nitrogens is 2.